The highest BCUT2D eigenvalue weighted by Gasteiger charge is 2.04. The Bertz CT molecular complexity index is 1150. The highest BCUT2D eigenvalue weighted by atomic mass is 32.3. The number of nitrogens with zero attached hydrogens (tertiary/aromatic N) is 2. The van der Waals surface area contributed by atoms with Gasteiger partial charge in [-0.05, 0) is 51.0 Å². The monoisotopic (exact) mass is 538 g/mol. The largest absolute Gasteiger partial charge is 0.394 e. The molecule has 0 fully saturated rings. The van der Waals surface area contributed by atoms with Gasteiger partial charge < -0.3 is 33.6 Å². The van der Waals surface area contributed by atoms with Crippen molar-refractivity contribution in [1.82, 2.24) is 0 Å². The first kappa shape index (κ1) is 32.8. The van der Waals surface area contributed by atoms with Gasteiger partial charge >= 0.3 is 10.4 Å². The van der Waals surface area contributed by atoms with Gasteiger partial charge in [0.25, 0.3) is 0 Å². The second-order valence-corrected chi connectivity index (χ2v) is 8.56. The number of amides is 2. The minimum Gasteiger partial charge on any atom is -0.370 e. The van der Waals surface area contributed by atoms with Crippen molar-refractivity contribution in [3.05, 3.63) is 58.7 Å². The predicted molar refractivity (Wildman–Crippen MR) is 145 cm³/mol. The molecule has 0 aliphatic heterocycles. The Morgan fingerprint density at radius 1 is 0.730 bits per heavy atom. The molecule has 37 heavy (non-hydrogen) atoms. The summed E-state index contributed by atoms with van der Waals surface area (Å²) < 4.78 is 31.6. The Labute approximate surface area is 215 Å². The van der Waals surface area contributed by atoms with Crippen LogP contribution >= 0.6 is 0 Å². The number of benzene rings is 2. The van der Waals surface area contributed by atoms with Crippen LogP contribution in [0.2, 0.25) is 0 Å². The van der Waals surface area contributed by atoms with Crippen molar-refractivity contribution in [3.8, 4) is 0 Å². The minimum atomic E-state index is -4.67. The lowest BCUT2D eigenvalue weighted by molar-refractivity contribution is -0.115. The van der Waals surface area contributed by atoms with Crippen LogP contribution in [0.5, 0.6) is 0 Å². The molecule has 0 heterocycles. The maximum absolute atomic E-state index is 11.4. The molecule has 0 aliphatic rings. The van der Waals surface area contributed by atoms with E-state index in [1.54, 1.807) is 0 Å². The van der Waals surface area contributed by atoms with E-state index in [4.69, 9.17) is 40.5 Å². The van der Waals surface area contributed by atoms with Gasteiger partial charge in [-0.2, -0.15) is 8.42 Å². The molecule has 0 atom stereocenters. The zero-order chi connectivity index (χ0) is 28.8. The van der Waals surface area contributed by atoms with Crippen LogP contribution in [0.4, 0.5) is 11.4 Å². The Morgan fingerprint density at radius 2 is 1.03 bits per heavy atom. The molecule has 2 aromatic carbocycles. The first-order chi connectivity index (χ1) is 17.0. The molecular formula is C22H34N8O6S. The molecule has 2 aromatic rings. The first-order valence-corrected chi connectivity index (χ1v) is 11.9. The molecule has 0 radical (unpaired) electrons. The molecular weight excluding hydrogens is 504 g/mol. The smallest absolute Gasteiger partial charge is 0.370 e. The molecule has 2 rings (SSSR count). The summed E-state index contributed by atoms with van der Waals surface area (Å²) in [4.78, 5) is 30.1. The van der Waals surface area contributed by atoms with E-state index in [2.05, 4.69) is 20.6 Å². The number of rotatable bonds is 6. The second-order valence-electron chi connectivity index (χ2n) is 7.66. The standard InChI is InChI=1S/2C11H16N4O.H2O4S/c2*1-7-3-4-9(8(2)5-7)15-10(16)6-14-11(12)13;1-5(2,3)4/h2*3-5H,6H2,1-2H3,(H,15,16)(H4,12,13,14);(H2,1,2,3,4). The van der Waals surface area contributed by atoms with Crippen LogP contribution < -0.4 is 33.6 Å². The highest BCUT2D eigenvalue weighted by Crippen LogP contribution is 2.16. The SMILES string of the molecule is Cc1ccc(NC(=O)CN=C(N)N)c(C)c1.Cc1ccc(NC(=O)CN=C(N)N)c(C)c1.O=S(=O)(O)O. The Hall–Kier alpha value is -4.21. The zero-order valence-corrected chi connectivity index (χ0v) is 21.8. The fourth-order valence-corrected chi connectivity index (χ4v) is 2.61. The van der Waals surface area contributed by atoms with E-state index in [1.807, 2.05) is 64.1 Å². The lowest BCUT2D eigenvalue weighted by Gasteiger charge is -2.07. The number of nitrogens with two attached hydrogens (primary N) is 4. The molecule has 0 saturated heterocycles. The minimum absolute atomic E-state index is 0.0599. The van der Waals surface area contributed by atoms with E-state index in [0.717, 1.165) is 33.6 Å². The normalized spacial score (nSPS) is 9.89. The number of anilines is 2. The maximum Gasteiger partial charge on any atom is 0.394 e. The van der Waals surface area contributed by atoms with Crippen LogP contribution in [0.15, 0.2) is 46.4 Å². The highest BCUT2D eigenvalue weighted by molar-refractivity contribution is 7.79. The molecule has 0 aromatic heterocycles. The van der Waals surface area contributed by atoms with E-state index in [1.165, 1.54) is 0 Å². The van der Waals surface area contributed by atoms with Gasteiger partial charge in [0.15, 0.2) is 11.9 Å². The average molecular weight is 539 g/mol. The quantitative estimate of drug-likeness (QED) is 0.142. The summed E-state index contributed by atoms with van der Waals surface area (Å²) in [6, 6.07) is 11.6. The number of nitrogens with one attached hydrogen (secondary N) is 2. The second kappa shape index (κ2) is 15.7. The van der Waals surface area contributed by atoms with E-state index in [9.17, 15) is 9.59 Å². The first-order valence-electron chi connectivity index (χ1n) is 10.5. The lowest BCUT2D eigenvalue weighted by Crippen LogP contribution is -2.25. The topological polar surface area (TPSA) is 262 Å². The third-order valence-electron chi connectivity index (χ3n) is 4.12. The third-order valence-corrected chi connectivity index (χ3v) is 4.12. The van der Waals surface area contributed by atoms with Crippen LogP contribution in [0, 0.1) is 27.7 Å². The van der Waals surface area contributed by atoms with E-state index in [-0.39, 0.29) is 36.8 Å². The fourth-order valence-electron chi connectivity index (χ4n) is 2.61. The van der Waals surface area contributed by atoms with Crippen LogP contribution in [-0.4, -0.2) is 54.3 Å². The van der Waals surface area contributed by atoms with Gasteiger partial charge in [-0.1, -0.05) is 35.4 Å². The number of aliphatic imine (C=N–C) groups is 2. The van der Waals surface area contributed by atoms with Crippen molar-refractivity contribution in [2.75, 3.05) is 23.7 Å². The third kappa shape index (κ3) is 17.8. The van der Waals surface area contributed by atoms with Crippen LogP contribution in [0.3, 0.4) is 0 Å². The van der Waals surface area contributed by atoms with Crippen LogP contribution in [-0.2, 0) is 20.0 Å². The number of guanidine groups is 2. The maximum atomic E-state index is 11.4. The van der Waals surface area contributed by atoms with E-state index in [0.29, 0.717) is 0 Å². The van der Waals surface area contributed by atoms with E-state index < -0.39 is 10.4 Å². The number of carbonyl (C=O) groups excluding carboxylic acids is 2. The molecule has 0 bridgehead atoms. The number of aryl methyl sites for hydroxylation is 4. The summed E-state index contributed by atoms with van der Waals surface area (Å²) in [5.74, 6) is -0.646. The summed E-state index contributed by atoms with van der Waals surface area (Å²) in [7, 11) is -4.67. The molecule has 15 heteroatoms. The van der Waals surface area contributed by atoms with Crippen LogP contribution in [0.1, 0.15) is 22.3 Å². The van der Waals surface area contributed by atoms with Crippen molar-refractivity contribution in [1.29, 1.82) is 0 Å². The number of hydrogen-bond acceptors (Lipinski definition) is 6. The van der Waals surface area contributed by atoms with Gasteiger partial charge in [0.2, 0.25) is 11.8 Å². The molecule has 0 spiro atoms. The molecule has 0 saturated carbocycles. The van der Waals surface area contributed by atoms with Crippen LogP contribution in [0.25, 0.3) is 0 Å². The van der Waals surface area contributed by atoms with Crippen molar-refractivity contribution < 1.29 is 27.1 Å². The van der Waals surface area contributed by atoms with Gasteiger partial charge in [-0.15, -0.1) is 0 Å². The summed E-state index contributed by atoms with van der Waals surface area (Å²) in [6.45, 7) is 7.74. The lowest BCUT2D eigenvalue weighted by atomic mass is 10.1. The van der Waals surface area contributed by atoms with Gasteiger partial charge in [0.05, 0.1) is 0 Å². The van der Waals surface area contributed by atoms with Crippen molar-refractivity contribution in [2.24, 2.45) is 32.9 Å². The Morgan fingerprint density at radius 3 is 1.27 bits per heavy atom. The summed E-state index contributed by atoms with van der Waals surface area (Å²) >= 11 is 0. The predicted octanol–water partition coefficient (Wildman–Crippen LogP) is 0.378. The van der Waals surface area contributed by atoms with Crippen molar-refractivity contribution in [3.63, 3.8) is 0 Å². The summed E-state index contributed by atoms with van der Waals surface area (Å²) in [5, 5.41) is 5.47. The Kier molecular flexibility index (Phi) is 13.9. The Balaban J connectivity index is 0.000000594. The van der Waals surface area contributed by atoms with E-state index >= 15 is 0 Å². The number of hydrogen-bond donors (Lipinski definition) is 8. The zero-order valence-electron chi connectivity index (χ0n) is 21.0. The fraction of sp³-hybridized carbons (Fsp3) is 0.273. The van der Waals surface area contributed by atoms with Gasteiger partial charge in [0, 0.05) is 11.4 Å². The molecule has 14 nitrogen and oxygen atoms in total. The molecule has 0 unspecified atom stereocenters. The van der Waals surface area contributed by atoms with Gasteiger partial charge in [-0.25, -0.2) is 9.98 Å². The molecule has 0 aliphatic carbocycles. The molecule has 204 valence electrons. The molecule has 2 amide bonds. The van der Waals surface area contributed by atoms with Crippen molar-refractivity contribution >= 4 is 45.5 Å². The summed E-state index contributed by atoms with van der Waals surface area (Å²) in [5.41, 5.74) is 26.4. The van der Waals surface area contributed by atoms with Gasteiger partial charge in [-0.3, -0.25) is 18.7 Å². The molecule has 12 N–H and O–H groups in total. The van der Waals surface area contributed by atoms with Gasteiger partial charge in [0.1, 0.15) is 13.1 Å². The summed E-state index contributed by atoms with van der Waals surface area (Å²) in [6.07, 6.45) is 0. The average Bonchev–Trinajstić information content (AvgIpc) is 2.74. The van der Waals surface area contributed by atoms with Crippen molar-refractivity contribution in [2.45, 2.75) is 27.7 Å². The number of carbonyl (C=O) groups is 2.